The lowest BCUT2D eigenvalue weighted by molar-refractivity contribution is 0.0525. The van der Waals surface area contributed by atoms with Crippen LogP contribution in [0.1, 0.15) is 42.1 Å². The molecule has 0 bridgehead atoms. The van der Waals surface area contributed by atoms with Crippen LogP contribution in [0.25, 0.3) is 0 Å². The molecule has 1 aliphatic rings. The number of carbonyl (C=O) groups is 1. The molecule has 1 fully saturated rings. The summed E-state index contributed by atoms with van der Waals surface area (Å²) in [5.74, 6) is 0.161. The van der Waals surface area contributed by atoms with Gasteiger partial charge in [-0.25, -0.2) is 14.8 Å². The van der Waals surface area contributed by atoms with E-state index >= 15 is 0 Å². The Kier molecular flexibility index (Phi) is 3.88. The average molecular weight is 303 g/mol. The van der Waals surface area contributed by atoms with E-state index in [0.29, 0.717) is 18.1 Å². The van der Waals surface area contributed by atoms with Crippen molar-refractivity contribution in [2.45, 2.75) is 31.7 Å². The number of nitrogens with one attached hydrogen (secondary N) is 1. The summed E-state index contributed by atoms with van der Waals surface area (Å²) in [7, 11) is 0. The molecule has 0 saturated heterocycles. The van der Waals surface area contributed by atoms with Gasteiger partial charge in [0.05, 0.1) is 17.7 Å². The number of nitrogens with zero attached hydrogens (tertiary/aromatic N) is 2. The summed E-state index contributed by atoms with van der Waals surface area (Å²) in [6.07, 6.45) is 6.36. The number of hydrogen-bond acceptors (Lipinski definition) is 6. The number of rotatable bonds is 5. The number of esters is 1. The highest BCUT2D eigenvalue weighted by molar-refractivity contribution is 7.08. The summed E-state index contributed by atoms with van der Waals surface area (Å²) in [6.45, 7) is 2.12. The van der Waals surface area contributed by atoms with Crippen molar-refractivity contribution >= 4 is 23.3 Å². The van der Waals surface area contributed by atoms with Crippen LogP contribution in [0.4, 0.5) is 5.95 Å². The fraction of sp³-hybridized carbons (Fsp3) is 0.400. The van der Waals surface area contributed by atoms with Crippen molar-refractivity contribution < 1.29 is 9.53 Å². The van der Waals surface area contributed by atoms with Gasteiger partial charge >= 0.3 is 5.97 Å². The highest BCUT2D eigenvalue weighted by Crippen LogP contribution is 2.44. The summed E-state index contributed by atoms with van der Waals surface area (Å²) in [6, 6.07) is 2.14. The van der Waals surface area contributed by atoms with Crippen molar-refractivity contribution in [2.75, 3.05) is 11.9 Å². The molecular weight excluding hydrogens is 286 g/mol. The summed E-state index contributed by atoms with van der Waals surface area (Å²) in [5, 5.41) is 7.68. The van der Waals surface area contributed by atoms with Gasteiger partial charge < -0.3 is 10.1 Å². The quantitative estimate of drug-likeness (QED) is 0.859. The molecule has 0 aliphatic heterocycles. The van der Waals surface area contributed by atoms with Crippen LogP contribution < -0.4 is 5.32 Å². The van der Waals surface area contributed by atoms with Gasteiger partial charge in [-0.2, -0.15) is 11.3 Å². The molecule has 2 aromatic rings. The van der Waals surface area contributed by atoms with E-state index < -0.39 is 0 Å². The number of hydrogen-bond donors (Lipinski definition) is 1. The van der Waals surface area contributed by atoms with Crippen LogP contribution in [-0.2, 0) is 10.3 Å². The summed E-state index contributed by atoms with van der Waals surface area (Å²) < 4.78 is 4.92. The van der Waals surface area contributed by atoms with Gasteiger partial charge in [-0.1, -0.05) is 0 Å². The monoisotopic (exact) mass is 303 g/mol. The zero-order chi connectivity index (χ0) is 14.7. The van der Waals surface area contributed by atoms with Crippen molar-refractivity contribution in [3.63, 3.8) is 0 Å². The third kappa shape index (κ3) is 2.76. The molecule has 1 aliphatic carbocycles. The molecule has 3 rings (SSSR count). The molecular formula is C15H17N3O2S. The lowest BCUT2D eigenvalue weighted by Crippen LogP contribution is -2.42. The Balaban J connectivity index is 1.74. The van der Waals surface area contributed by atoms with Crippen LogP contribution in [-0.4, -0.2) is 22.5 Å². The second-order valence-corrected chi connectivity index (χ2v) is 5.87. The second kappa shape index (κ2) is 5.81. The molecule has 21 heavy (non-hydrogen) atoms. The topological polar surface area (TPSA) is 64.1 Å². The van der Waals surface area contributed by atoms with Gasteiger partial charge in [-0.15, -0.1) is 0 Å². The molecule has 110 valence electrons. The maximum Gasteiger partial charge on any atom is 0.341 e. The van der Waals surface area contributed by atoms with Crippen LogP contribution in [0.3, 0.4) is 0 Å². The van der Waals surface area contributed by atoms with E-state index in [1.165, 1.54) is 24.4 Å². The first-order valence-corrected chi connectivity index (χ1v) is 7.98. The maximum absolute atomic E-state index is 11.6. The molecule has 1 N–H and O–H groups in total. The van der Waals surface area contributed by atoms with E-state index in [-0.39, 0.29) is 11.5 Å². The van der Waals surface area contributed by atoms with Crippen LogP contribution >= 0.6 is 11.3 Å². The summed E-state index contributed by atoms with van der Waals surface area (Å²) >= 11 is 1.70. The van der Waals surface area contributed by atoms with Gasteiger partial charge in [0.1, 0.15) is 0 Å². The first-order chi connectivity index (χ1) is 10.2. The van der Waals surface area contributed by atoms with Crippen LogP contribution in [0.2, 0.25) is 0 Å². The Bertz CT molecular complexity index is 606. The van der Waals surface area contributed by atoms with E-state index in [4.69, 9.17) is 4.74 Å². The number of aromatic nitrogens is 2. The number of carbonyl (C=O) groups excluding carboxylic acids is 1. The highest BCUT2D eigenvalue weighted by atomic mass is 32.1. The zero-order valence-electron chi connectivity index (χ0n) is 11.8. The molecule has 1 saturated carbocycles. The second-order valence-electron chi connectivity index (χ2n) is 5.09. The van der Waals surface area contributed by atoms with Gasteiger partial charge in [0, 0.05) is 12.4 Å². The molecule has 0 spiro atoms. The normalized spacial score (nSPS) is 16.0. The largest absolute Gasteiger partial charge is 0.462 e. The average Bonchev–Trinajstić information content (AvgIpc) is 2.98. The van der Waals surface area contributed by atoms with Crippen LogP contribution in [0.15, 0.2) is 29.2 Å². The van der Waals surface area contributed by atoms with Crippen molar-refractivity contribution in [1.82, 2.24) is 9.97 Å². The molecule has 2 heterocycles. The SMILES string of the molecule is CCOC(=O)c1cnc(NC2(c3ccsc3)CCC2)nc1. The van der Waals surface area contributed by atoms with Crippen molar-refractivity contribution in [3.05, 3.63) is 40.3 Å². The third-order valence-corrected chi connectivity index (χ3v) is 4.48. The Hall–Kier alpha value is -1.95. The molecule has 2 aromatic heterocycles. The van der Waals surface area contributed by atoms with Gasteiger partial charge in [-0.05, 0) is 48.6 Å². The highest BCUT2D eigenvalue weighted by Gasteiger charge is 2.39. The zero-order valence-corrected chi connectivity index (χ0v) is 12.7. The van der Waals surface area contributed by atoms with E-state index in [2.05, 4.69) is 32.1 Å². The lowest BCUT2D eigenvalue weighted by atomic mass is 9.73. The fourth-order valence-electron chi connectivity index (χ4n) is 2.48. The number of anilines is 1. The Morgan fingerprint density at radius 1 is 1.43 bits per heavy atom. The van der Waals surface area contributed by atoms with Gasteiger partial charge in [0.15, 0.2) is 0 Å². The van der Waals surface area contributed by atoms with Crippen molar-refractivity contribution in [2.24, 2.45) is 0 Å². The number of thiophene rings is 1. The van der Waals surface area contributed by atoms with Crippen LogP contribution in [0, 0.1) is 0 Å². The fourth-order valence-corrected chi connectivity index (χ4v) is 3.23. The predicted octanol–water partition coefficient (Wildman–Crippen LogP) is 3.21. The first-order valence-electron chi connectivity index (χ1n) is 7.03. The minimum atomic E-state index is -0.389. The summed E-state index contributed by atoms with van der Waals surface area (Å²) in [4.78, 5) is 20.1. The third-order valence-electron chi connectivity index (χ3n) is 3.79. The standard InChI is InChI=1S/C15H17N3O2S/c1-2-20-13(19)11-8-16-14(17-9-11)18-15(5-3-6-15)12-4-7-21-10-12/h4,7-10H,2-3,5-6H2,1H3,(H,16,17,18). The van der Waals surface area contributed by atoms with Gasteiger partial charge in [-0.3, -0.25) is 0 Å². The maximum atomic E-state index is 11.6. The smallest absolute Gasteiger partial charge is 0.341 e. The van der Waals surface area contributed by atoms with Crippen molar-refractivity contribution in [1.29, 1.82) is 0 Å². The van der Waals surface area contributed by atoms with E-state index in [0.717, 1.165) is 12.8 Å². The predicted molar refractivity (Wildman–Crippen MR) is 81.5 cm³/mol. The van der Waals surface area contributed by atoms with Crippen LogP contribution in [0.5, 0.6) is 0 Å². The molecule has 0 atom stereocenters. The Morgan fingerprint density at radius 3 is 2.71 bits per heavy atom. The molecule has 0 unspecified atom stereocenters. The lowest BCUT2D eigenvalue weighted by Gasteiger charge is -2.42. The minimum absolute atomic E-state index is 0.0502. The van der Waals surface area contributed by atoms with E-state index in [1.54, 1.807) is 18.3 Å². The minimum Gasteiger partial charge on any atom is -0.462 e. The van der Waals surface area contributed by atoms with Crippen molar-refractivity contribution in [3.8, 4) is 0 Å². The van der Waals surface area contributed by atoms with Gasteiger partial charge in [0.2, 0.25) is 5.95 Å². The van der Waals surface area contributed by atoms with E-state index in [1.807, 2.05) is 0 Å². The number of ether oxygens (including phenoxy) is 1. The molecule has 0 amide bonds. The molecule has 5 nitrogen and oxygen atoms in total. The molecule has 0 aromatic carbocycles. The Labute approximate surface area is 127 Å². The Morgan fingerprint density at radius 2 is 2.19 bits per heavy atom. The molecule has 6 heteroatoms. The van der Waals surface area contributed by atoms with E-state index in [9.17, 15) is 4.79 Å². The van der Waals surface area contributed by atoms with Gasteiger partial charge in [0.25, 0.3) is 0 Å². The summed E-state index contributed by atoms with van der Waals surface area (Å²) in [5.41, 5.74) is 1.61. The molecule has 0 radical (unpaired) electrons. The first kappa shape index (κ1) is 14.0.